The van der Waals surface area contributed by atoms with Gasteiger partial charge in [-0.3, -0.25) is 23.4 Å². The van der Waals surface area contributed by atoms with Gasteiger partial charge in [-0.25, -0.2) is 9.97 Å². The maximum atomic E-state index is 14.0. The van der Waals surface area contributed by atoms with Crippen LogP contribution in [0.5, 0.6) is 0 Å². The molecule has 0 atom stereocenters. The van der Waals surface area contributed by atoms with Gasteiger partial charge in [-0.05, 0) is 18.2 Å². The number of halogens is 4. The van der Waals surface area contributed by atoms with E-state index >= 15 is 0 Å². The van der Waals surface area contributed by atoms with E-state index in [1.54, 1.807) is 47.2 Å². The molecule has 0 radical (unpaired) electrons. The van der Waals surface area contributed by atoms with E-state index < -0.39 is 11.9 Å². The number of imidazole rings is 1. The zero-order chi connectivity index (χ0) is 31.4. The quantitative estimate of drug-likeness (QED) is 0.240. The van der Waals surface area contributed by atoms with Crippen LogP contribution < -0.4 is 10.6 Å². The van der Waals surface area contributed by atoms with Gasteiger partial charge in [0.05, 0.1) is 40.8 Å². The molecule has 6 rings (SSSR count). The third-order valence-corrected chi connectivity index (χ3v) is 7.02. The summed E-state index contributed by atoms with van der Waals surface area (Å²) in [5.41, 5.74) is 0.992. The van der Waals surface area contributed by atoms with E-state index in [0.29, 0.717) is 41.4 Å². The first-order valence-electron chi connectivity index (χ1n) is 13.2. The Kier molecular flexibility index (Phi) is 8.82. The lowest BCUT2D eigenvalue weighted by Crippen LogP contribution is -2.46. The van der Waals surface area contributed by atoms with Crippen molar-refractivity contribution in [3.8, 4) is 11.3 Å². The van der Waals surface area contributed by atoms with Crippen LogP contribution >= 0.6 is 11.6 Å². The highest BCUT2D eigenvalue weighted by atomic mass is 35.5. The molecule has 3 N–H and O–H groups in total. The normalized spacial score (nSPS) is 13.4. The van der Waals surface area contributed by atoms with Gasteiger partial charge < -0.3 is 20.6 Å². The summed E-state index contributed by atoms with van der Waals surface area (Å²) in [6, 6.07) is 4.94. The van der Waals surface area contributed by atoms with Gasteiger partial charge in [-0.1, -0.05) is 11.6 Å². The first kappa shape index (κ1) is 30.5. The van der Waals surface area contributed by atoms with Crippen LogP contribution in [0.15, 0.2) is 55.4 Å². The Morgan fingerprint density at radius 3 is 2.59 bits per heavy atom. The number of piperazine rings is 1. The van der Waals surface area contributed by atoms with Crippen molar-refractivity contribution in [1.29, 1.82) is 0 Å². The van der Waals surface area contributed by atoms with E-state index in [2.05, 4.69) is 30.8 Å². The van der Waals surface area contributed by atoms with Crippen LogP contribution in [0.2, 0.25) is 5.02 Å². The van der Waals surface area contributed by atoms with Crippen LogP contribution in [0.1, 0.15) is 21.6 Å². The Morgan fingerprint density at radius 1 is 1.18 bits per heavy atom. The predicted octanol–water partition coefficient (Wildman–Crippen LogP) is 3.54. The van der Waals surface area contributed by atoms with Crippen molar-refractivity contribution in [1.82, 2.24) is 44.1 Å². The zero-order valence-electron chi connectivity index (χ0n) is 23.2. The number of aromatic nitrogens is 7. The second-order valence-corrected chi connectivity index (χ2v) is 10.1. The van der Waals surface area contributed by atoms with Gasteiger partial charge in [0.2, 0.25) is 0 Å². The first-order valence-corrected chi connectivity index (χ1v) is 13.6. The third-order valence-electron chi connectivity index (χ3n) is 6.70. The topological polar surface area (TPSA) is 148 Å². The van der Waals surface area contributed by atoms with Crippen LogP contribution in [-0.4, -0.2) is 82.5 Å². The minimum Gasteiger partial charge on any atom is -0.483 e. The number of carboxylic acid groups (broad SMARTS) is 1. The molecule has 1 aromatic carbocycles. The van der Waals surface area contributed by atoms with Gasteiger partial charge in [-0.15, -0.1) is 0 Å². The highest BCUT2D eigenvalue weighted by Gasteiger charge is 2.38. The number of nitrogens with one attached hydrogen (secondary N) is 2. The number of carbonyl (C=O) groups excluding carboxylic acids is 1. The maximum Gasteiger partial charge on any atom is 0.435 e. The number of nitrogens with zero attached hydrogens (tertiary/aromatic N) is 8. The SMILES string of the molecule is Cn1cc(Cn2cc(-c3cnc4c(Nc5ccc(C(=O)N6CCNCC6)c(Cl)c5)nccn34)c(C(F)(F)F)n2)cn1.O=CO. The Morgan fingerprint density at radius 2 is 1.93 bits per heavy atom. The van der Waals surface area contributed by atoms with Crippen LogP contribution in [0.3, 0.4) is 0 Å². The first-order chi connectivity index (χ1) is 21.1. The molecule has 5 heterocycles. The van der Waals surface area contributed by atoms with Crippen LogP contribution in [0, 0.1) is 0 Å². The summed E-state index contributed by atoms with van der Waals surface area (Å²) in [4.78, 5) is 31.7. The summed E-state index contributed by atoms with van der Waals surface area (Å²) in [5.74, 6) is 0.151. The van der Waals surface area contributed by atoms with Crippen LogP contribution in [-0.2, 0) is 24.6 Å². The summed E-state index contributed by atoms with van der Waals surface area (Å²) in [7, 11) is 1.73. The molecule has 0 saturated carbocycles. The molecule has 0 unspecified atom stereocenters. The predicted molar refractivity (Wildman–Crippen MR) is 154 cm³/mol. The Hall–Kier alpha value is -4.96. The molecule has 13 nitrogen and oxygen atoms in total. The number of rotatable bonds is 6. The molecule has 1 aliphatic heterocycles. The summed E-state index contributed by atoms with van der Waals surface area (Å²) in [6.45, 7) is 2.51. The molecule has 44 heavy (non-hydrogen) atoms. The Balaban J connectivity index is 0.00000123. The number of fused-ring (bicyclic) bond motifs is 1. The number of alkyl halides is 3. The minimum atomic E-state index is -4.69. The highest BCUT2D eigenvalue weighted by Crippen LogP contribution is 2.37. The van der Waals surface area contributed by atoms with Crippen molar-refractivity contribution < 1.29 is 27.9 Å². The number of hydrogen-bond acceptors (Lipinski definition) is 8. The van der Waals surface area contributed by atoms with Gasteiger partial charge in [0.1, 0.15) is 0 Å². The third kappa shape index (κ3) is 6.50. The molecule has 5 aromatic rings. The molecule has 230 valence electrons. The molecule has 1 amide bonds. The van der Waals surface area contributed by atoms with Crippen molar-refractivity contribution >= 4 is 41.1 Å². The van der Waals surface area contributed by atoms with Crippen LogP contribution in [0.25, 0.3) is 16.9 Å². The van der Waals surface area contributed by atoms with Crippen molar-refractivity contribution in [3.05, 3.63) is 77.2 Å². The number of carbonyl (C=O) groups is 2. The number of amides is 1. The van der Waals surface area contributed by atoms with Gasteiger partial charge in [0, 0.05) is 69.3 Å². The monoisotopic (exact) mass is 630 g/mol. The number of aryl methyl sites for hydroxylation is 1. The lowest BCUT2D eigenvalue weighted by atomic mass is 10.1. The molecule has 1 saturated heterocycles. The molecular formula is C27H26ClF3N10O3. The largest absolute Gasteiger partial charge is 0.483 e. The minimum absolute atomic E-state index is 0.120. The van der Waals surface area contributed by atoms with Gasteiger partial charge in [0.25, 0.3) is 12.4 Å². The van der Waals surface area contributed by atoms with Crippen molar-refractivity contribution in [3.63, 3.8) is 0 Å². The van der Waals surface area contributed by atoms with Crippen molar-refractivity contribution in [2.45, 2.75) is 12.7 Å². The second-order valence-electron chi connectivity index (χ2n) is 9.69. The van der Waals surface area contributed by atoms with Gasteiger partial charge >= 0.3 is 6.18 Å². The maximum absolute atomic E-state index is 14.0. The summed E-state index contributed by atoms with van der Waals surface area (Å²) < 4.78 is 46.4. The molecule has 0 aliphatic carbocycles. The lowest BCUT2D eigenvalue weighted by Gasteiger charge is -2.27. The molecule has 17 heteroatoms. The Bertz CT molecular complexity index is 1790. The van der Waals surface area contributed by atoms with E-state index in [4.69, 9.17) is 21.5 Å². The molecule has 1 fully saturated rings. The average molecular weight is 631 g/mol. The van der Waals surface area contributed by atoms with Gasteiger partial charge in [0.15, 0.2) is 17.2 Å². The fourth-order valence-corrected chi connectivity index (χ4v) is 5.05. The van der Waals surface area contributed by atoms with E-state index in [0.717, 1.165) is 13.1 Å². The summed E-state index contributed by atoms with van der Waals surface area (Å²) in [6.07, 6.45) is 4.29. The fraction of sp³-hybridized carbons (Fsp3) is 0.259. The van der Waals surface area contributed by atoms with Crippen molar-refractivity contribution in [2.24, 2.45) is 7.05 Å². The van der Waals surface area contributed by atoms with E-state index in [9.17, 15) is 18.0 Å². The zero-order valence-corrected chi connectivity index (χ0v) is 23.9. The average Bonchev–Trinajstić information content (AvgIpc) is 3.72. The summed E-state index contributed by atoms with van der Waals surface area (Å²) in [5, 5.41) is 21.4. The standard InChI is InChI=1S/C26H24ClF3N10O.CH2O2/c1-37-13-16(11-34-37)14-39-15-19(22(36-39)26(28,29)30)21-12-33-24-23(32-6-9-40(21)24)35-17-2-3-18(20(27)10-17)25(41)38-7-4-31-5-8-38;2-1-3/h2-3,6,9-13,15,31H,4-5,7-8,14H2,1H3,(H,32,35);1H,(H,2,3). The Labute approximate surface area is 252 Å². The molecular weight excluding hydrogens is 605 g/mol. The lowest BCUT2D eigenvalue weighted by molar-refractivity contribution is -0.141. The molecule has 4 aromatic heterocycles. The summed E-state index contributed by atoms with van der Waals surface area (Å²) >= 11 is 6.47. The van der Waals surface area contributed by atoms with E-state index in [1.165, 1.54) is 33.9 Å². The van der Waals surface area contributed by atoms with E-state index in [1.807, 2.05) is 0 Å². The molecule has 1 aliphatic rings. The highest BCUT2D eigenvalue weighted by molar-refractivity contribution is 6.34. The van der Waals surface area contributed by atoms with Crippen LogP contribution in [0.4, 0.5) is 24.7 Å². The van der Waals surface area contributed by atoms with Gasteiger partial charge in [-0.2, -0.15) is 23.4 Å². The number of benzene rings is 1. The number of hydrogen-bond donors (Lipinski definition) is 3. The second kappa shape index (κ2) is 12.7. The fourth-order valence-electron chi connectivity index (χ4n) is 4.79. The van der Waals surface area contributed by atoms with Crippen molar-refractivity contribution in [2.75, 3.05) is 31.5 Å². The molecule has 0 bridgehead atoms. The smallest absolute Gasteiger partial charge is 0.435 e. The van der Waals surface area contributed by atoms with E-state index in [-0.39, 0.29) is 35.2 Å². The molecule has 0 spiro atoms. The number of anilines is 2.